The van der Waals surface area contributed by atoms with E-state index in [0.29, 0.717) is 24.9 Å². The van der Waals surface area contributed by atoms with Crippen LogP contribution in [0, 0.1) is 5.92 Å². The number of hydrogen-bond acceptors (Lipinski definition) is 6. The standard InChI is InChI=1S/C27H30ClN3O3S/c1-27(2,3)34-26(33)30-7-5-17(13-30)31-12-15-8-20(15)22-10-16(28)9-21(24(22)31)19-4-6-29-23-11-18(14-32)35-25(19)23/h4,6,9-11,15,17,20,32H,5,7-8,12-14H2,1-3H3/t15-,17?,20-/m1/s1. The molecule has 1 saturated heterocycles. The van der Waals surface area contributed by atoms with Gasteiger partial charge in [0.15, 0.2) is 0 Å². The fraction of sp³-hybridized carbons (Fsp3) is 0.481. The van der Waals surface area contributed by atoms with Crippen molar-refractivity contribution in [3.05, 3.63) is 45.9 Å². The normalized spacial score (nSPS) is 23.4. The topological polar surface area (TPSA) is 65.9 Å². The summed E-state index contributed by atoms with van der Waals surface area (Å²) in [4.78, 5) is 22.6. The summed E-state index contributed by atoms with van der Waals surface area (Å²) in [6.45, 7) is 8.09. The zero-order valence-corrected chi connectivity index (χ0v) is 21.8. The predicted octanol–water partition coefficient (Wildman–Crippen LogP) is 6.04. The van der Waals surface area contributed by atoms with Gasteiger partial charge in [0, 0.05) is 58.6 Å². The molecule has 8 heteroatoms. The molecule has 0 radical (unpaired) electrons. The Kier molecular flexibility index (Phi) is 5.51. The van der Waals surface area contributed by atoms with Crippen molar-refractivity contribution >= 4 is 44.9 Å². The van der Waals surface area contributed by atoms with Crippen LogP contribution >= 0.6 is 22.9 Å². The zero-order chi connectivity index (χ0) is 24.5. The van der Waals surface area contributed by atoms with Crippen LogP contribution in [0.3, 0.4) is 0 Å². The third-order valence-electron chi connectivity index (χ3n) is 7.31. The number of pyridine rings is 1. The van der Waals surface area contributed by atoms with Crippen molar-refractivity contribution in [2.45, 2.75) is 57.8 Å². The van der Waals surface area contributed by atoms with Gasteiger partial charge in [0.1, 0.15) is 5.60 Å². The highest BCUT2D eigenvalue weighted by atomic mass is 35.5. The number of aliphatic hydroxyl groups is 1. The lowest BCUT2D eigenvalue weighted by atomic mass is 9.92. The molecule has 1 amide bonds. The fourth-order valence-corrected chi connectivity index (χ4v) is 6.93. The quantitative estimate of drug-likeness (QED) is 0.464. The molecule has 6 nitrogen and oxygen atoms in total. The maximum Gasteiger partial charge on any atom is 0.410 e. The van der Waals surface area contributed by atoms with Crippen molar-refractivity contribution in [1.29, 1.82) is 0 Å². The number of rotatable bonds is 3. The highest BCUT2D eigenvalue weighted by Crippen LogP contribution is 2.58. The van der Waals surface area contributed by atoms with Gasteiger partial charge in [-0.2, -0.15) is 0 Å². The minimum absolute atomic E-state index is 0.00652. The van der Waals surface area contributed by atoms with E-state index < -0.39 is 5.60 Å². The molecule has 1 aromatic carbocycles. The van der Waals surface area contributed by atoms with Crippen LogP contribution in [0.5, 0.6) is 0 Å². The molecule has 4 heterocycles. The first kappa shape index (κ1) is 23.1. The Bertz CT molecular complexity index is 1320. The van der Waals surface area contributed by atoms with Crippen molar-refractivity contribution in [3.63, 3.8) is 0 Å². The van der Waals surface area contributed by atoms with Gasteiger partial charge in [-0.05, 0) is 75.3 Å². The van der Waals surface area contributed by atoms with Crippen LogP contribution in [0.25, 0.3) is 21.3 Å². The van der Waals surface area contributed by atoms with Crippen LogP contribution in [-0.2, 0) is 11.3 Å². The maximum absolute atomic E-state index is 12.8. The highest BCUT2D eigenvalue weighted by Gasteiger charge is 2.48. The number of halogens is 1. The zero-order valence-electron chi connectivity index (χ0n) is 20.3. The minimum Gasteiger partial charge on any atom is -0.444 e. The van der Waals surface area contributed by atoms with Crippen LogP contribution in [0.15, 0.2) is 30.5 Å². The molecule has 6 rings (SSSR count). The van der Waals surface area contributed by atoms with Gasteiger partial charge in [0.05, 0.1) is 16.8 Å². The first-order valence-corrected chi connectivity index (χ1v) is 13.5. The SMILES string of the molecule is CC(C)(C)OC(=O)N1CCC(N2C[C@H]3C[C@H]3c3cc(Cl)cc(-c4ccnc5cc(CO)sc45)c32)C1. The number of thiophene rings is 1. The molecule has 0 spiro atoms. The van der Waals surface area contributed by atoms with E-state index in [0.717, 1.165) is 44.2 Å². The Morgan fingerprint density at radius 2 is 2.09 bits per heavy atom. The third kappa shape index (κ3) is 4.17. The second kappa shape index (κ2) is 8.36. The molecule has 184 valence electrons. The first-order chi connectivity index (χ1) is 16.7. The fourth-order valence-electron chi connectivity index (χ4n) is 5.70. The van der Waals surface area contributed by atoms with Gasteiger partial charge in [-0.3, -0.25) is 4.98 Å². The number of aromatic nitrogens is 1. The van der Waals surface area contributed by atoms with E-state index in [1.807, 2.05) is 37.9 Å². The summed E-state index contributed by atoms with van der Waals surface area (Å²) in [7, 11) is 0. The van der Waals surface area contributed by atoms with E-state index in [4.69, 9.17) is 16.3 Å². The number of benzene rings is 1. The monoisotopic (exact) mass is 511 g/mol. The second-order valence-electron chi connectivity index (χ2n) is 11.0. The molecule has 3 aliphatic rings. The van der Waals surface area contributed by atoms with Crippen LogP contribution in [0.4, 0.5) is 10.5 Å². The molecule has 2 aromatic heterocycles. The smallest absolute Gasteiger partial charge is 0.410 e. The van der Waals surface area contributed by atoms with Crippen LogP contribution in [0.1, 0.15) is 50.0 Å². The van der Waals surface area contributed by atoms with Gasteiger partial charge < -0.3 is 19.6 Å². The summed E-state index contributed by atoms with van der Waals surface area (Å²) in [6, 6.07) is 8.47. The van der Waals surface area contributed by atoms with E-state index in [2.05, 4.69) is 28.1 Å². The summed E-state index contributed by atoms with van der Waals surface area (Å²) < 4.78 is 6.72. The average molecular weight is 512 g/mol. The lowest BCUT2D eigenvalue weighted by Gasteiger charge is -2.38. The number of ether oxygens (including phenoxy) is 1. The van der Waals surface area contributed by atoms with Crippen molar-refractivity contribution in [2.75, 3.05) is 24.5 Å². The van der Waals surface area contributed by atoms with Gasteiger partial charge in [-0.25, -0.2) is 4.79 Å². The number of carbonyl (C=O) groups is 1. The van der Waals surface area contributed by atoms with Crippen molar-refractivity contribution < 1.29 is 14.6 Å². The lowest BCUT2D eigenvalue weighted by Crippen LogP contribution is -2.43. The Morgan fingerprint density at radius 3 is 2.86 bits per heavy atom. The Hall–Kier alpha value is -2.35. The highest BCUT2D eigenvalue weighted by molar-refractivity contribution is 7.19. The summed E-state index contributed by atoms with van der Waals surface area (Å²) in [5.41, 5.74) is 5.18. The minimum atomic E-state index is -0.501. The third-order valence-corrected chi connectivity index (χ3v) is 8.67. The largest absolute Gasteiger partial charge is 0.444 e. The summed E-state index contributed by atoms with van der Waals surface area (Å²) >= 11 is 8.28. The van der Waals surface area contributed by atoms with E-state index in [1.165, 1.54) is 17.7 Å². The lowest BCUT2D eigenvalue weighted by molar-refractivity contribution is 0.0292. The summed E-state index contributed by atoms with van der Waals surface area (Å²) in [5, 5.41) is 10.5. The molecule has 1 N–H and O–H groups in total. The number of nitrogens with zero attached hydrogens (tertiary/aromatic N) is 3. The summed E-state index contributed by atoms with van der Waals surface area (Å²) in [6.07, 6.45) is 3.71. The van der Waals surface area contributed by atoms with Gasteiger partial charge in [-0.15, -0.1) is 11.3 Å². The van der Waals surface area contributed by atoms with E-state index in [1.54, 1.807) is 11.3 Å². The Morgan fingerprint density at radius 1 is 1.26 bits per heavy atom. The predicted molar refractivity (Wildman–Crippen MR) is 140 cm³/mol. The Labute approximate surface area is 214 Å². The van der Waals surface area contributed by atoms with E-state index in [-0.39, 0.29) is 18.7 Å². The summed E-state index contributed by atoms with van der Waals surface area (Å²) in [5.74, 6) is 1.19. The van der Waals surface area contributed by atoms with E-state index in [9.17, 15) is 9.90 Å². The van der Waals surface area contributed by atoms with Gasteiger partial charge in [0.25, 0.3) is 0 Å². The van der Waals surface area contributed by atoms with Gasteiger partial charge >= 0.3 is 6.09 Å². The molecular formula is C27H30ClN3O3S. The van der Waals surface area contributed by atoms with Crippen molar-refractivity contribution in [1.82, 2.24) is 9.88 Å². The van der Waals surface area contributed by atoms with Crippen molar-refractivity contribution in [2.24, 2.45) is 5.92 Å². The number of hydrogen-bond donors (Lipinski definition) is 1. The molecule has 2 fully saturated rings. The number of fused-ring (bicyclic) bond motifs is 4. The molecule has 1 saturated carbocycles. The number of amides is 1. The second-order valence-corrected chi connectivity index (χ2v) is 12.5. The molecule has 2 aliphatic heterocycles. The Balaban J connectivity index is 1.41. The molecule has 3 aromatic rings. The van der Waals surface area contributed by atoms with Crippen molar-refractivity contribution in [3.8, 4) is 11.1 Å². The molecule has 1 aliphatic carbocycles. The van der Waals surface area contributed by atoms with Crippen LogP contribution < -0.4 is 4.90 Å². The molecular weight excluding hydrogens is 482 g/mol. The molecule has 0 bridgehead atoms. The number of aliphatic hydroxyl groups excluding tert-OH is 1. The number of carbonyl (C=O) groups excluding carboxylic acids is 1. The van der Waals surface area contributed by atoms with Gasteiger partial charge in [-0.1, -0.05) is 11.6 Å². The van der Waals surface area contributed by atoms with E-state index >= 15 is 0 Å². The number of likely N-dealkylation sites (tertiary alicyclic amines) is 1. The van der Waals surface area contributed by atoms with Gasteiger partial charge in [0.2, 0.25) is 0 Å². The first-order valence-electron chi connectivity index (χ1n) is 12.3. The maximum atomic E-state index is 12.8. The van der Waals surface area contributed by atoms with Crippen LogP contribution in [0.2, 0.25) is 5.02 Å². The van der Waals surface area contributed by atoms with Crippen LogP contribution in [-0.4, -0.2) is 52.4 Å². The number of anilines is 1. The molecule has 1 unspecified atom stereocenters. The average Bonchev–Trinajstić information content (AvgIpc) is 3.22. The molecule has 3 atom stereocenters. The molecule has 35 heavy (non-hydrogen) atoms.